The molecule has 1 aromatic heterocycles. The first kappa shape index (κ1) is 12.7. The number of aromatic hydroxyl groups is 1. The second-order valence-electron chi connectivity index (χ2n) is 4.19. The molecule has 21 heavy (non-hydrogen) atoms. The molecule has 3 aromatic rings. The maximum atomic E-state index is 10.8. The van der Waals surface area contributed by atoms with E-state index in [9.17, 15) is 15.2 Å². The summed E-state index contributed by atoms with van der Waals surface area (Å²) >= 11 is 0. The van der Waals surface area contributed by atoms with Crippen LogP contribution in [0.15, 0.2) is 53.0 Å². The van der Waals surface area contributed by atoms with Crippen LogP contribution in [0.3, 0.4) is 0 Å². The zero-order valence-electron chi connectivity index (χ0n) is 10.6. The van der Waals surface area contributed by atoms with E-state index in [0.29, 0.717) is 5.39 Å². The average molecular weight is 283 g/mol. The highest BCUT2D eigenvalue weighted by Gasteiger charge is 2.15. The second kappa shape index (κ2) is 5.00. The van der Waals surface area contributed by atoms with E-state index in [1.807, 2.05) is 12.1 Å². The zero-order chi connectivity index (χ0) is 14.8. The molecule has 0 aliphatic heterocycles. The van der Waals surface area contributed by atoms with E-state index in [0.717, 1.165) is 11.7 Å². The van der Waals surface area contributed by atoms with Gasteiger partial charge in [0.2, 0.25) is 0 Å². The Balaban J connectivity index is 2.09. The summed E-state index contributed by atoms with van der Waals surface area (Å²) in [4.78, 5) is 16.2. The summed E-state index contributed by atoms with van der Waals surface area (Å²) in [5, 5.41) is 29.9. The average Bonchev–Trinajstić information content (AvgIpc) is 2.95. The topological polar surface area (TPSA) is 117 Å². The van der Waals surface area contributed by atoms with E-state index in [1.54, 1.807) is 18.2 Å². The van der Waals surface area contributed by atoms with Crippen LogP contribution >= 0.6 is 0 Å². The standard InChI is InChI=1S/C13H9N5O3/c19-10-6-5-8-3-1-2-4-9(8)11(10)16-17-12-13(18(20)21)15-7-14-12/h1-7,19H,(H,14,15). The molecule has 8 nitrogen and oxygen atoms in total. The Morgan fingerprint density at radius 3 is 2.81 bits per heavy atom. The van der Waals surface area contributed by atoms with Crippen LogP contribution in [0, 0.1) is 10.1 Å². The number of H-pyrrole nitrogens is 1. The number of benzene rings is 2. The highest BCUT2D eigenvalue weighted by Crippen LogP contribution is 2.36. The van der Waals surface area contributed by atoms with Crippen LogP contribution in [0.5, 0.6) is 5.75 Å². The molecule has 0 bridgehead atoms. The number of aromatic amines is 1. The second-order valence-corrected chi connectivity index (χ2v) is 4.19. The first-order valence-corrected chi connectivity index (χ1v) is 5.97. The number of nitrogens with one attached hydrogen (secondary N) is 1. The van der Waals surface area contributed by atoms with Crippen LogP contribution in [0.2, 0.25) is 0 Å². The molecular formula is C13H9N5O3. The number of phenols is 1. The third-order valence-corrected chi connectivity index (χ3v) is 2.91. The first-order valence-electron chi connectivity index (χ1n) is 5.97. The van der Waals surface area contributed by atoms with Crippen molar-refractivity contribution in [3.63, 3.8) is 0 Å². The molecule has 3 rings (SSSR count). The van der Waals surface area contributed by atoms with E-state index in [4.69, 9.17) is 0 Å². The van der Waals surface area contributed by atoms with Gasteiger partial charge in [0, 0.05) is 5.39 Å². The minimum atomic E-state index is -0.635. The van der Waals surface area contributed by atoms with Gasteiger partial charge in [-0.1, -0.05) is 30.3 Å². The SMILES string of the molecule is O=[N+]([O-])c1[nH]cnc1N=Nc1c(O)ccc2ccccc12. The number of fused-ring (bicyclic) bond motifs is 1. The summed E-state index contributed by atoms with van der Waals surface area (Å²) < 4.78 is 0. The van der Waals surface area contributed by atoms with Gasteiger partial charge in [-0.2, -0.15) is 4.98 Å². The summed E-state index contributed by atoms with van der Waals surface area (Å²) in [7, 11) is 0. The highest BCUT2D eigenvalue weighted by molar-refractivity contribution is 5.95. The molecular weight excluding hydrogens is 274 g/mol. The zero-order valence-corrected chi connectivity index (χ0v) is 10.6. The van der Waals surface area contributed by atoms with Crippen LogP contribution in [-0.4, -0.2) is 20.0 Å². The molecule has 0 radical (unpaired) electrons. The monoisotopic (exact) mass is 283 g/mol. The van der Waals surface area contributed by atoms with Crippen molar-refractivity contribution >= 4 is 28.1 Å². The number of imidazole rings is 1. The molecule has 0 aliphatic rings. The number of aromatic nitrogens is 2. The number of nitrogens with zero attached hydrogens (tertiary/aromatic N) is 4. The molecule has 0 saturated carbocycles. The van der Waals surface area contributed by atoms with Crippen molar-refractivity contribution in [3.8, 4) is 5.75 Å². The highest BCUT2D eigenvalue weighted by atomic mass is 16.6. The van der Waals surface area contributed by atoms with Crippen molar-refractivity contribution in [1.29, 1.82) is 0 Å². The molecule has 1 heterocycles. The molecule has 8 heteroatoms. The van der Waals surface area contributed by atoms with Crippen molar-refractivity contribution in [3.05, 3.63) is 52.8 Å². The Morgan fingerprint density at radius 2 is 2.00 bits per heavy atom. The van der Waals surface area contributed by atoms with Gasteiger partial charge < -0.3 is 15.2 Å². The van der Waals surface area contributed by atoms with Gasteiger partial charge in [-0.3, -0.25) is 0 Å². The predicted molar refractivity (Wildman–Crippen MR) is 75.0 cm³/mol. The Hall–Kier alpha value is -3.29. The third kappa shape index (κ3) is 2.29. The number of phenolic OH excluding ortho intramolecular Hbond substituents is 1. The molecule has 2 N–H and O–H groups in total. The molecule has 0 atom stereocenters. The molecule has 0 saturated heterocycles. The fourth-order valence-electron chi connectivity index (χ4n) is 1.93. The minimum absolute atomic E-state index is 0.0596. The van der Waals surface area contributed by atoms with Crippen molar-refractivity contribution in [2.24, 2.45) is 10.2 Å². The van der Waals surface area contributed by atoms with Crippen molar-refractivity contribution in [2.75, 3.05) is 0 Å². The molecule has 0 spiro atoms. The number of hydrogen-bond acceptors (Lipinski definition) is 6. The quantitative estimate of drug-likeness (QED) is 0.434. The van der Waals surface area contributed by atoms with Crippen LogP contribution in [0.1, 0.15) is 0 Å². The fraction of sp³-hybridized carbons (Fsp3) is 0. The maximum absolute atomic E-state index is 10.8. The fourth-order valence-corrected chi connectivity index (χ4v) is 1.93. The van der Waals surface area contributed by atoms with Gasteiger partial charge in [0.1, 0.15) is 11.4 Å². The number of hydrogen-bond donors (Lipinski definition) is 2. The summed E-state index contributed by atoms with van der Waals surface area (Å²) in [5.41, 5.74) is 0.241. The number of nitro groups is 1. The smallest absolute Gasteiger partial charge is 0.369 e. The summed E-state index contributed by atoms with van der Waals surface area (Å²) in [6, 6.07) is 10.6. The Bertz CT molecular complexity index is 856. The molecule has 0 fully saturated rings. The Labute approximate surface area is 117 Å². The van der Waals surface area contributed by atoms with Crippen molar-refractivity contribution in [2.45, 2.75) is 0 Å². The summed E-state index contributed by atoms with van der Waals surface area (Å²) in [6.45, 7) is 0. The lowest BCUT2D eigenvalue weighted by atomic mass is 10.1. The van der Waals surface area contributed by atoms with E-state index in [2.05, 4.69) is 20.2 Å². The van der Waals surface area contributed by atoms with Crippen molar-refractivity contribution in [1.82, 2.24) is 9.97 Å². The number of rotatable bonds is 3. The Morgan fingerprint density at radius 1 is 1.19 bits per heavy atom. The lowest BCUT2D eigenvalue weighted by Gasteiger charge is -2.02. The lowest BCUT2D eigenvalue weighted by molar-refractivity contribution is -0.388. The molecule has 104 valence electrons. The first-order chi connectivity index (χ1) is 10.2. The van der Waals surface area contributed by atoms with Gasteiger partial charge in [0.15, 0.2) is 6.33 Å². The third-order valence-electron chi connectivity index (χ3n) is 2.91. The summed E-state index contributed by atoms with van der Waals surface area (Å²) in [6.07, 6.45) is 1.16. The minimum Gasteiger partial charge on any atom is -0.506 e. The van der Waals surface area contributed by atoms with Crippen LogP contribution in [0.25, 0.3) is 10.8 Å². The van der Waals surface area contributed by atoms with E-state index in [-0.39, 0.29) is 23.1 Å². The van der Waals surface area contributed by atoms with Gasteiger partial charge in [-0.05, 0) is 16.4 Å². The molecule has 0 aliphatic carbocycles. The van der Waals surface area contributed by atoms with Gasteiger partial charge >= 0.3 is 5.82 Å². The predicted octanol–water partition coefficient (Wildman–Crippen LogP) is 3.59. The van der Waals surface area contributed by atoms with Gasteiger partial charge in [-0.15, -0.1) is 10.2 Å². The van der Waals surface area contributed by atoms with Crippen LogP contribution < -0.4 is 0 Å². The molecule has 0 amide bonds. The lowest BCUT2D eigenvalue weighted by Crippen LogP contribution is -1.87. The molecule has 2 aromatic carbocycles. The largest absolute Gasteiger partial charge is 0.506 e. The normalized spacial score (nSPS) is 11.2. The van der Waals surface area contributed by atoms with E-state index in [1.165, 1.54) is 6.07 Å². The molecule has 0 unspecified atom stereocenters. The van der Waals surface area contributed by atoms with Gasteiger partial charge in [0.05, 0.1) is 0 Å². The van der Waals surface area contributed by atoms with Crippen LogP contribution in [0.4, 0.5) is 17.3 Å². The van der Waals surface area contributed by atoms with E-state index >= 15 is 0 Å². The van der Waals surface area contributed by atoms with Gasteiger partial charge in [-0.25, -0.2) is 4.98 Å². The van der Waals surface area contributed by atoms with E-state index < -0.39 is 4.92 Å². The van der Waals surface area contributed by atoms with Gasteiger partial charge in [0.25, 0.3) is 5.82 Å². The van der Waals surface area contributed by atoms with Crippen molar-refractivity contribution < 1.29 is 10.0 Å². The maximum Gasteiger partial charge on any atom is 0.369 e. The summed E-state index contributed by atoms with van der Waals surface area (Å²) in [5.74, 6) is -0.554. The van der Waals surface area contributed by atoms with Crippen LogP contribution in [-0.2, 0) is 0 Å². The number of azo groups is 1. The Kier molecular flexibility index (Phi) is 3.03.